The van der Waals surface area contributed by atoms with Crippen LogP contribution in [0.4, 0.5) is 0 Å². The summed E-state index contributed by atoms with van der Waals surface area (Å²) in [5, 5.41) is -0.258. The lowest BCUT2D eigenvalue weighted by atomic mass is 10.3. The second kappa shape index (κ2) is 4.69. The van der Waals surface area contributed by atoms with E-state index in [2.05, 4.69) is 4.40 Å². The van der Waals surface area contributed by atoms with E-state index < -0.39 is 10.0 Å². The first kappa shape index (κ1) is 12.4. The molecule has 0 unspecified atom stereocenters. The third kappa shape index (κ3) is 2.62. The largest absolute Gasteiger partial charge is 0.497 e. The fraction of sp³-hybridized carbons (Fsp3) is 0.182. The zero-order valence-electron chi connectivity index (χ0n) is 9.66. The van der Waals surface area contributed by atoms with Gasteiger partial charge in [-0.3, -0.25) is 0 Å². The zero-order valence-corrected chi connectivity index (χ0v) is 10.5. The number of methoxy groups -OCH3 is 1. The molecule has 0 atom stereocenters. The molecule has 1 aromatic carbocycles. The summed E-state index contributed by atoms with van der Waals surface area (Å²) in [6.45, 7) is 0.0348. The maximum Gasteiger partial charge on any atom is 0.297 e. The van der Waals surface area contributed by atoms with Crippen molar-refractivity contribution in [2.75, 3.05) is 13.7 Å². The van der Waals surface area contributed by atoms with Gasteiger partial charge in [0.05, 0.1) is 12.8 Å². The summed E-state index contributed by atoms with van der Waals surface area (Å²) in [5.41, 5.74) is 5.57. The van der Waals surface area contributed by atoms with Gasteiger partial charge < -0.3 is 15.2 Å². The molecule has 0 fully saturated rings. The summed E-state index contributed by atoms with van der Waals surface area (Å²) >= 11 is 0. The van der Waals surface area contributed by atoms with E-state index in [9.17, 15) is 8.42 Å². The van der Waals surface area contributed by atoms with Crippen LogP contribution < -0.4 is 15.2 Å². The minimum absolute atomic E-state index is 0.0348. The highest BCUT2D eigenvalue weighted by Gasteiger charge is 2.21. The smallest absolute Gasteiger partial charge is 0.297 e. The van der Waals surface area contributed by atoms with Gasteiger partial charge in [0, 0.05) is 12.1 Å². The van der Waals surface area contributed by atoms with Gasteiger partial charge in [0.1, 0.15) is 18.1 Å². The van der Waals surface area contributed by atoms with Crippen molar-refractivity contribution in [3.05, 3.63) is 35.4 Å². The first-order chi connectivity index (χ1) is 8.51. The van der Waals surface area contributed by atoms with Crippen LogP contribution in [-0.4, -0.2) is 27.8 Å². The van der Waals surface area contributed by atoms with Crippen LogP contribution >= 0.6 is 0 Å². The van der Waals surface area contributed by atoms with Crippen LogP contribution in [-0.2, 0) is 10.0 Å². The van der Waals surface area contributed by atoms with Gasteiger partial charge in [0.15, 0.2) is 5.03 Å². The van der Waals surface area contributed by atoms with Gasteiger partial charge in [-0.25, -0.2) is 0 Å². The molecule has 2 rings (SSSR count). The van der Waals surface area contributed by atoms with Gasteiger partial charge in [-0.1, -0.05) is 6.07 Å². The van der Waals surface area contributed by atoms with Crippen molar-refractivity contribution >= 4 is 15.7 Å². The van der Waals surface area contributed by atoms with Crippen molar-refractivity contribution in [1.29, 1.82) is 0 Å². The van der Waals surface area contributed by atoms with E-state index in [1.165, 1.54) is 6.08 Å². The van der Waals surface area contributed by atoms with Gasteiger partial charge in [0.25, 0.3) is 10.0 Å². The minimum Gasteiger partial charge on any atom is -0.497 e. The second-order valence-electron chi connectivity index (χ2n) is 3.57. The molecule has 0 aliphatic carbocycles. The second-order valence-corrected chi connectivity index (χ2v) is 5.18. The van der Waals surface area contributed by atoms with E-state index in [0.29, 0.717) is 11.5 Å². The molecular formula is C11H12N2O4S. The van der Waals surface area contributed by atoms with Crippen molar-refractivity contribution in [2.24, 2.45) is 10.1 Å². The van der Waals surface area contributed by atoms with Gasteiger partial charge >= 0.3 is 0 Å². The first-order valence-electron chi connectivity index (χ1n) is 5.09. The number of sulfonamides is 1. The lowest BCUT2D eigenvalue weighted by molar-refractivity contribution is 0.369. The molecule has 1 aromatic rings. The maximum absolute atomic E-state index is 11.2. The molecule has 0 saturated carbocycles. The third-order valence-electron chi connectivity index (χ3n) is 2.27. The van der Waals surface area contributed by atoms with Crippen molar-refractivity contribution in [1.82, 2.24) is 0 Å². The number of rotatable bonds is 4. The van der Waals surface area contributed by atoms with Crippen LogP contribution in [0.15, 0.2) is 39.8 Å². The number of hydrogen-bond donors (Lipinski definition) is 1. The van der Waals surface area contributed by atoms with E-state index in [-0.39, 0.29) is 17.3 Å². The summed E-state index contributed by atoms with van der Waals surface area (Å²) in [6.07, 6.45) is 1.29. The Labute approximate surface area is 105 Å². The summed E-state index contributed by atoms with van der Waals surface area (Å²) in [4.78, 5) is 0. The molecule has 1 aliphatic heterocycles. The first-order valence-corrected chi connectivity index (χ1v) is 6.53. The van der Waals surface area contributed by atoms with Gasteiger partial charge in [-0.2, -0.15) is 12.8 Å². The van der Waals surface area contributed by atoms with Crippen molar-refractivity contribution in [3.63, 3.8) is 0 Å². The Morgan fingerprint density at radius 2 is 2.06 bits per heavy atom. The summed E-state index contributed by atoms with van der Waals surface area (Å²) in [6, 6.07) is 6.98. The Kier molecular flexibility index (Phi) is 3.24. The fourth-order valence-corrected chi connectivity index (χ4v) is 2.19. The summed E-state index contributed by atoms with van der Waals surface area (Å²) in [5.74, 6) is 1.22. The van der Waals surface area contributed by atoms with Crippen LogP contribution in [0.2, 0.25) is 0 Å². The predicted molar refractivity (Wildman–Crippen MR) is 67.1 cm³/mol. The highest BCUT2D eigenvalue weighted by molar-refractivity contribution is 7.94. The van der Waals surface area contributed by atoms with Crippen LogP contribution in [0.1, 0.15) is 0 Å². The van der Waals surface area contributed by atoms with Crippen molar-refractivity contribution in [2.45, 2.75) is 0 Å². The molecule has 0 bridgehead atoms. The zero-order chi connectivity index (χ0) is 13.2. The van der Waals surface area contributed by atoms with E-state index in [1.54, 1.807) is 31.4 Å². The molecule has 1 heterocycles. The van der Waals surface area contributed by atoms with Gasteiger partial charge in [-0.15, -0.1) is 0 Å². The Hall–Kier alpha value is -2.02. The molecule has 0 saturated heterocycles. The molecule has 1 aliphatic rings. The number of benzene rings is 1. The molecule has 96 valence electrons. The number of hydrogen-bond acceptors (Lipinski definition) is 5. The van der Waals surface area contributed by atoms with Crippen LogP contribution in [0.5, 0.6) is 11.5 Å². The monoisotopic (exact) mass is 268 g/mol. The highest BCUT2D eigenvalue weighted by atomic mass is 32.2. The molecular weight excluding hydrogens is 256 g/mol. The molecule has 0 radical (unpaired) electrons. The Morgan fingerprint density at radius 1 is 1.33 bits per heavy atom. The van der Waals surface area contributed by atoms with Crippen LogP contribution in [0.3, 0.4) is 0 Å². The molecule has 2 N–H and O–H groups in total. The molecule has 0 spiro atoms. The average molecular weight is 268 g/mol. The van der Waals surface area contributed by atoms with Crippen LogP contribution in [0.25, 0.3) is 0 Å². The minimum atomic E-state index is -3.67. The van der Waals surface area contributed by atoms with Crippen molar-refractivity contribution < 1.29 is 17.9 Å². The third-order valence-corrected chi connectivity index (χ3v) is 3.46. The molecule has 18 heavy (non-hydrogen) atoms. The SMILES string of the molecule is COc1cccc(OCC2=NS(=O)(=O)C(N)=C2)c1. The van der Waals surface area contributed by atoms with E-state index >= 15 is 0 Å². The van der Waals surface area contributed by atoms with E-state index in [4.69, 9.17) is 15.2 Å². The molecule has 0 aromatic heterocycles. The standard InChI is InChI=1S/C11H12N2O4S/c1-16-9-3-2-4-10(6-9)17-7-8-5-11(12)18(14,15)13-8/h2-6H,7,12H2,1H3. The molecule has 6 nitrogen and oxygen atoms in total. The van der Waals surface area contributed by atoms with Crippen LogP contribution in [0, 0.1) is 0 Å². The maximum atomic E-state index is 11.2. The lowest BCUT2D eigenvalue weighted by Crippen LogP contribution is -2.07. The normalized spacial score (nSPS) is 16.9. The Morgan fingerprint density at radius 3 is 2.67 bits per heavy atom. The number of nitrogens with two attached hydrogens (primary N) is 1. The Balaban J connectivity index is 2.05. The highest BCUT2D eigenvalue weighted by Crippen LogP contribution is 2.19. The van der Waals surface area contributed by atoms with Crippen molar-refractivity contribution in [3.8, 4) is 11.5 Å². The average Bonchev–Trinajstić information content (AvgIpc) is 2.61. The summed E-state index contributed by atoms with van der Waals surface area (Å²) < 4.78 is 36.4. The molecule has 0 amide bonds. The van der Waals surface area contributed by atoms with E-state index in [1.807, 2.05) is 0 Å². The number of nitrogens with zero attached hydrogens (tertiary/aromatic N) is 1. The van der Waals surface area contributed by atoms with Gasteiger partial charge in [-0.05, 0) is 12.1 Å². The van der Waals surface area contributed by atoms with Gasteiger partial charge in [0.2, 0.25) is 0 Å². The fourth-order valence-electron chi connectivity index (χ4n) is 1.39. The summed E-state index contributed by atoms with van der Waals surface area (Å²) in [7, 11) is -2.12. The predicted octanol–water partition coefficient (Wildman–Crippen LogP) is 0.659. The lowest BCUT2D eigenvalue weighted by Gasteiger charge is -2.06. The molecule has 7 heteroatoms. The quantitative estimate of drug-likeness (QED) is 0.866. The number of ether oxygens (including phenoxy) is 2. The topological polar surface area (TPSA) is 91.0 Å². The van der Waals surface area contributed by atoms with E-state index in [0.717, 1.165) is 0 Å². The Bertz CT molecular complexity index is 620.